The lowest BCUT2D eigenvalue weighted by Gasteiger charge is -2.32. The van der Waals surface area contributed by atoms with Gasteiger partial charge in [0.15, 0.2) is 0 Å². The van der Waals surface area contributed by atoms with Crippen LogP contribution >= 0.6 is 0 Å². The van der Waals surface area contributed by atoms with E-state index in [2.05, 4.69) is 18.7 Å². The van der Waals surface area contributed by atoms with Crippen molar-refractivity contribution in [3.8, 4) is 0 Å². The van der Waals surface area contributed by atoms with Crippen molar-refractivity contribution < 1.29 is 4.74 Å². The lowest BCUT2D eigenvalue weighted by Crippen LogP contribution is -2.37. The summed E-state index contributed by atoms with van der Waals surface area (Å²) >= 11 is 0. The van der Waals surface area contributed by atoms with Crippen LogP contribution in [0.15, 0.2) is 0 Å². The number of hydrogen-bond acceptors (Lipinski definition) is 3. The zero-order valence-electron chi connectivity index (χ0n) is 13.2. The number of likely N-dealkylation sites (tertiary alicyclic amines) is 1. The number of nitrogens with two attached hydrogens (primary N) is 1. The van der Waals surface area contributed by atoms with Crippen LogP contribution < -0.4 is 5.73 Å². The van der Waals surface area contributed by atoms with E-state index in [4.69, 9.17) is 10.5 Å². The maximum absolute atomic E-state index is 5.71. The molecule has 0 aromatic heterocycles. The zero-order chi connectivity index (χ0) is 14.1. The molecule has 0 aliphatic carbocycles. The highest BCUT2D eigenvalue weighted by Crippen LogP contribution is 2.22. The van der Waals surface area contributed by atoms with Crippen molar-refractivity contribution in [1.82, 2.24) is 4.90 Å². The van der Waals surface area contributed by atoms with Crippen LogP contribution in [0.4, 0.5) is 0 Å². The van der Waals surface area contributed by atoms with Crippen LogP contribution in [0.25, 0.3) is 0 Å². The second-order valence-electron chi connectivity index (χ2n) is 6.49. The van der Waals surface area contributed by atoms with Crippen molar-refractivity contribution in [3.63, 3.8) is 0 Å². The molecule has 0 radical (unpaired) electrons. The van der Waals surface area contributed by atoms with Crippen LogP contribution in [0.1, 0.15) is 46.0 Å². The van der Waals surface area contributed by atoms with Crippen LogP contribution in [0.5, 0.6) is 0 Å². The molecular weight excluding hydrogens is 236 g/mol. The smallest absolute Gasteiger partial charge is 0.0502 e. The number of piperidine rings is 1. The van der Waals surface area contributed by atoms with Gasteiger partial charge in [-0.05, 0) is 69.5 Å². The molecule has 0 bridgehead atoms. The molecule has 1 heterocycles. The summed E-state index contributed by atoms with van der Waals surface area (Å²) < 4.78 is 5.30. The molecule has 3 nitrogen and oxygen atoms in total. The molecule has 0 spiro atoms. The van der Waals surface area contributed by atoms with Gasteiger partial charge in [-0.15, -0.1) is 0 Å². The highest BCUT2D eigenvalue weighted by Gasteiger charge is 2.20. The fraction of sp³-hybridized carbons (Fsp3) is 1.00. The van der Waals surface area contributed by atoms with Crippen LogP contribution in [0.3, 0.4) is 0 Å². The van der Waals surface area contributed by atoms with Crippen molar-refractivity contribution in [2.45, 2.75) is 46.0 Å². The van der Waals surface area contributed by atoms with E-state index >= 15 is 0 Å². The minimum atomic E-state index is 0.753. The molecule has 2 atom stereocenters. The Morgan fingerprint density at radius 2 is 2.11 bits per heavy atom. The lowest BCUT2D eigenvalue weighted by molar-refractivity contribution is 0.0887. The Morgan fingerprint density at radius 3 is 2.74 bits per heavy atom. The third-order valence-corrected chi connectivity index (χ3v) is 4.54. The van der Waals surface area contributed by atoms with Crippen LogP contribution in [0.2, 0.25) is 0 Å². The Kier molecular flexibility index (Phi) is 8.67. The Morgan fingerprint density at radius 1 is 1.32 bits per heavy atom. The van der Waals surface area contributed by atoms with E-state index < -0.39 is 0 Å². The molecule has 0 amide bonds. The molecule has 0 saturated carbocycles. The maximum atomic E-state index is 5.71. The fourth-order valence-electron chi connectivity index (χ4n) is 3.33. The second kappa shape index (κ2) is 9.73. The third-order valence-electron chi connectivity index (χ3n) is 4.54. The van der Waals surface area contributed by atoms with Gasteiger partial charge in [0.1, 0.15) is 0 Å². The molecule has 1 rings (SSSR count). The van der Waals surface area contributed by atoms with Gasteiger partial charge in [0.25, 0.3) is 0 Å². The Hall–Kier alpha value is -0.120. The first kappa shape index (κ1) is 16.9. The summed E-state index contributed by atoms with van der Waals surface area (Å²) in [4.78, 5) is 2.63. The van der Waals surface area contributed by atoms with Crippen molar-refractivity contribution in [2.24, 2.45) is 23.5 Å². The SMILES string of the molecule is COCC1CCCN(CCCC(CCN)C(C)C)C1. The topological polar surface area (TPSA) is 38.5 Å². The molecule has 1 aliphatic heterocycles. The van der Waals surface area contributed by atoms with E-state index in [1.807, 2.05) is 7.11 Å². The van der Waals surface area contributed by atoms with Crippen molar-refractivity contribution in [2.75, 3.05) is 39.9 Å². The number of nitrogens with zero attached hydrogens (tertiary/aromatic N) is 1. The number of ether oxygens (including phenoxy) is 1. The second-order valence-corrected chi connectivity index (χ2v) is 6.49. The lowest BCUT2D eigenvalue weighted by atomic mass is 9.88. The van der Waals surface area contributed by atoms with Gasteiger partial charge in [0, 0.05) is 13.7 Å². The summed E-state index contributed by atoms with van der Waals surface area (Å²) in [5.74, 6) is 2.33. The molecule has 0 aromatic carbocycles. The average Bonchev–Trinajstić information content (AvgIpc) is 2.38. The van der Waals surface area contributed by atoms with Crippen molar-refractivity contribution in [1.29, 1.82) is 0 Å². The third kappa shape index (κ3) is 6.73. The van der Waals surface area contributed by atoms with E-state index in [0.717, 1.165) is 30.9 Å². The van der Waals surface area contributed by atoms with Crippen molar-refractivity contribution >= 4 is 0 Å². The summed E-state index contributed by atoms with van der Waals surface area (Å²) in [5.41, 5.74) is 5.71. The Balaban J connectivity index is 2.20. The highest BCUT2D eigenvalue weighted by molar-refractivity contribution is 4.73. The summed E-state index contributed by atoms with van der Waals surface area (Å²) in [5, 5.41) is 0. The molecule has 0 aromatic rings. The zero-order valence-corrected chi connectivity index (χ0v) is 13.2. The quantitative estimate of drug-likeness (QED) is 0.700. The van der Waals surface area contributed by atoms with Gasteiger partial charge < -0.3 is 15.4 Å². The van der Waals surface area contributed by atoms with Gasteiger partial charge >= 0.3 is 0 Å². The van der Waals surface area contributed by atoms with Gasteiger partial charge in [0.05, 0.1) is 6.61 Å². The van der Waals surface area contributed by atoms with Crippen LogP contribution in [0, 0.1) is 17.8 Å². The van der Waals surface area contributed by atoms with Gasteiger partial charge in [-0.3, -0.25) is 0 Å². The minimum Gasteiger partial charge on any atom is -0.384 e. The molecule has 1 aliphatic rings. The summed E-state index contributed by atoms with van der Waals surface area (Å²) in [6.45, 7) is 10.2. The minimum absolute atomic E-state index is 0.753. The molecular formula is C16H34N2O. The molecule has 3 heteroatoms. The predicted molar refractivity (Wildman–Crippen MR) is 82.3 cm³/mol. The fourth-order valence-corrected chi connectivity index (χ4v) is 3.33. The molecule has 2 N–H and O–H groups in total. The van der Waals surface area contributed by atoms with Gasteiger partial charge in [-0.1, -0.05) is 13.8 Å². The van der Waals surface area contributed by atoms with E-state index in [-0.39, 0.29) is 0 Å². The monoisotopic (exact) mass is 270 g/mol. The molecule has 2 unspecified atom stereocenters. The highest BCUT2D eigenvalue weighted by atomic mass is 16.5. The maximum Gasteiger partial charge on any atom is 0.0502 e. The van der Waals surface area contributed by atoms with E-state index in [1.165, 1.54) is 51.7 Å². The molecule has 1 saturated heterocycles. The van der Waals surface area contributed by atoms with Gasteiger partial charge in [0.2, 0.25) is 0 Å². The first-order valence-corrected chi connectivity index (χ1v) is 8.08. The van der Waals surface area contributed by atoms with Crippen LogP contribution in [-0.2, 0) is 4.74 Å². The van der Waals surface area contributed by atoms with E-state index in [9.17, 15) is 0 Å². The number of rotatable bonds is 9. The normalized spacial score (nSPS) is 22.9. The number of methoxy groups -OCH3 is 1. The van der Waals surface area contributed by atoms with Crippen LogP contribution in [-0.4, -0.2) is 44.8 Å². The summed E-state index contributed by atoms with van der Waals surface area (Å²) in [7, 11) is 1.82. The first-order valence-electron chi connectivity index (χ1n) is 8.08. The first-order chi connectivity index (χ1) is 9.17. The molecule has 1 fully saturated rings. The predicted octanol–water partition coefficient (Wildman–Crippen LogP) is 2.75. The Labute approximate surface area is 119 Å². The number of hydrogen-bond donors (Lipinski definition) is 1. The largest absolute Gasteiger partial charge is 0.384 e. The van der Waals surface area contributed by atoms with Gasteiger partial charge in [-0.25, -0.2) is 0 Å². The average molecular weight is 270 g/mol. The summed E-state index contributed by atoms with van der Waals surface area (Å²) in [6.07, 6.45) is 6.52. The van der Waals surface area contributed by atoms with Crippen molar-refractivity contribution in [3.05, 3.63) is 0 Å². The van der Waals surface area contributed by atoms with Gasteiger partial charge in [-0.2, -0.15) is 0 Å². The standard InChI is InChI=1S/C16H34N2O/c1-14(2)16(8-9-17)7-5-11-18-10-4-6-15(12-18)13-19-3/h14-16H,4-13,17H2,1-3H3. The van der Waals surface area contributed by atoms with E-state index in [0.29, 0.717) is 0 Å². The molecule has 114 valence electrons. The molecule has 19 heavy (non-hydrogen) atoms. The van der Waals surface area contributed by atoms with E-state index in [1.54, 1.807) is 0 Å². The Bertz CT molecular complexity index is 219. The summed E-state index contributed by atoms with van der Waals surface area (Å²) in [6, 6.07) is 0.